The van der Waals surface area contributed by atoms with E-state index in [4.69, 9.17) is 13.9 Å². The number of hydrogen-bond acceptors (Lipinski definition) is 9. The van der Waals surface area contributed by atoms with Crippen LogP contribution in [0, 0.1) is 15.9 Å². The molecular weight excluding hydrogens is 585 g/mol. The van der Waals surface area contributed by atoms with Gasteiger partial charge >= 0.3 is 5.69 Å². The molecule has 45 heavy (non-hydrogen) atoms. The van der Waals surface area contributed by atoms with Gasteiger partial charge in [-0.3, -0.25) is 19.7 Å². The number of amides is 1. The van der Waals surface area contributed by atoms with E-state index in [1.807, 2.05) is 18.2 Å². The first kappa shape index (κ1) is 28.7. The number of aromatic nitrogens is 2. The third-order valence-corrected chi connectivity index (χ3v) is 6.69. The molecule has 2 aromatic heterocycles. The van der Waals surface area contributed by atoms with Crippen LogP contribution in [0.1, 0.15) is 5.56 Å². The minimum Gasteiger partial charge on any atom is -0.493 e. The van der Waals surface area contributed by atoms with Crippen LogP contribution in [0.15, 0.2) is 105 Å². The Balaban J connectivity index is 1.36. The van der Waals surface area contributed by atoms with Crippen LogP contribution >= 0.6 is 0 Å². The molecule has 0 saturated carbocycles. The number of nitro benzene ring substituents is 1. The zero-order chi connectivity index (χ0) is 31.5. The van der Waals surface area contributed by atoms with Gasteiger partial charge in [0.05, 0.1) is 34.8 Å². The zero-order valence-electron chi connectivity index (χ0n) is 23.5. The number of carbonyl (C=O) groups excluding carboxylic acids is 1. The summed E-state index contributed by atoms with van der Waals surface area (Å²) in [7, 11) is 1.27. The lowest BCUT2D eigenvalue weighted by atomic mass is 10.2. The highest BCUT2D eigenvalue weighted by Gasteiger charge is 2.24. The predicted molar refractivity (Wildman–Crippen MR) is 164 cm³/mol. The minimum atomic E-state index is -0.747. The Bertz CT molecular complexity index is 2160. The summed E-state index contributed by atoms with van der Waals surface area (Å²) in [5, 5.41) is 19.8. The number of furan rings is 1. The molecule has 12 nitrogen and oxygen atoms in total. The lowest BCUT2D eigenvalue weighted by molar-refractivity contribution is -0.385. The van der Waals surface area contributed by atoms with Gasteiger partial charge in [-0.05, 0) is 42.5 Å². The average Bonchev–Trinajstić information content (AvgIpc) is 3.48. The zero-order valence-corrected chi connectivity index (χ0v) is 23.5. The van der Waals surface area contributed by atoms with E-state index in [-0.39, 0.29) is 34.3 Å². The molecule has 0 fully saturated rings. The molecule has 2 heterocycles. The van der Waals surface area contributed by atoms with Crippen molar-refractivity contribution in [3.05, 3.63) is 123 Å². The van der Waals surface area contributed by atoms with Crippen molar-refractivity contribution in [2.24, 2.45) is 5.10 Å². The molecule has 1 N–H and O–H groups in total. The quantitative estimate of drug-likeness (QED) is 0.124. The smallest absolute Gasteiger partial charge is 0.315 e. The van der Waals surface area contributed by atoms with Crippen LogP contribution in [0.3, 0.4) is 0 Å². The molecule has 0 spiro atoms. The van der Waals surface area contributed by atoms with Crippen molar-refractivity contribution < 1.29 is 28.0 Å². The van der Waals surface area contributed by atoms with E-state index in [9.17, 15) is 24.1 Å². The first-order chi connectivity index (χ1) is 21.8. The molecule has 0 aliphatic carbocycles. The fourth-order valence-corrected chi connectivity index (χ4v) is 4.61. The fourth-order valence-electron chi connectivity index (χ4n) is 4.61. The summed E-state index contributed by atoms with van der Waals surface area (Å²) < 4.78 is 31.7. The van der Waals surface area contributed by atoms with Gasteiger partial charge in [0, 0.05) is 17.0 Å². The third kappa shape index (κ3) is 5.82. The largest absolute Gasteiger partial charge is 0.493 e. The molecule has 6 aromatic rings. The number of anilines is 1. The van der Waals surface area contributed by atoms with E-state index < -0.39 is 34.5 Å². The molecule has 0 unspecified atom stereocenters. The molecule has 224 valence electrons. The Kier molecular flexibility index (Phi) is 7.72. The number of rotatable bonds is 9. The van der Waals surface area contributed by atoms with Gasteiger partial charge in [0.15, 0.2) is 18.1 Å². The number of nitrogens with one attached hydrogen (secondary N) is 1. The van der Waals surface area contributed by atoms with E-state index in [1.165, 1.54) is 43.7 Å². The van der Waals surface area contributed by atoms with Gasteiger partial charge in [0.25, 0.3) is 11.5 Å². The fraction of sp³-hybridized carbons (Fsp3) is 0.0625. The molecule has 0 atom stereocenters. The maximum atomic E-state index is 13.9. The third-order valence-electron chi connectivity index (χ3n) is 6.69. The molecular formula is C32H22FN5O7. The van der Waals surface area contributed by atoms with Crippen molar-refractivity contribution >= 4 is 45.4 Å². The normalized spacial score (nSPS) is 11.2. The van der Waals surface area contributed by atoms with Crippen LogP contribution in [0.2, 0.25) is 0 Å². The van der Waals surface area contributed by atoms with Crippen molar-refractivity contribution in [1.82, 2.24) is 9.66 Å². The van der Waals surface area contributed by atoms with Gasteiger partial charge in [0.1, 0.15) is 11.4 Å². The van der Waals surface area contributed by atoms with Crippen LogP contribution in [0.25, 0.3) is 33.5 Å². The van der Waals surface area contributed by atoms with Gasteiger partial charge in [-0.1, -0.05) is 42.5 Å². The standard InChI is InChI=1S/C32H22FN5O7/c1-43-27-15-19(14-25(38(41)42)30(27)44-18-29(39)35-24-12-6-4-10-22(24)33)17-34-37-31(28-16-20-8-2-7-13-26(20)45-28)36-23-11-5-3-9-21(23)32(37)40/h2-17H,18H2,1H3,(H,35,39). The van der Waals surface area contributed by atoms with Crippen LogP contribution < -0.4 is 20.3 Å². The lowest BCUT2D eigenvalue weighted by Gasteiger charge is -2.12. The van der Waals surface area contributed by atoms with E-state index in [0.29, 0.717) is 16.5 Å². The van der Waals surface area contributed by atoms with E-state index in [1.54, 1.807) is 36.4 Å². The molecule has 0 aliphatic heterocycles. The van der Waals surface area contributed by atoms with E-state index in [0.717, 1.165) is 16.1 Å². The van der Waals surface area contributed by atoms with Gasteiger partial charge in [-0.15, -0.1) is 0 Å². The van der Waals surface area contributed by atoms with Gasteiger partial charge in [-0.25, -0.2) is 9.37 Å². The molecule has 4 aromatic carbocycles. The Hall–Kier alpha value is -6.37. The highest BCUT2D eigenvalue weighted by atomic mass is 19.1. The topological polar surface area (TPSA) is 151 Å². The number of ether oxygens (including phenoxy) is 2. The maximum absolute atomic E-state index is 13.9. The summed E-state index contributed by atoms with van der Waals surface area (Å²) in [4.78, 5) is 41.9. The number of hydrogen-bond donors (Lipinski definition) is 1. The number of para-hydroxylation sites is 3. The van der Waals surface area contributed by atoms with Crippen molar-refractivity contribution in [3.8, 4) is 23.1 Å². The molecule has 0 radical (unpaired) electrons. The summed E-state index contributed by atoms with van der Waals surface area (Å²) in [6, 6.07) is 23.9. The Labute approximate surface area is 253 Å². The second kappa shape index (κ2) is 12.1. The molecule has 0 saturated heterocycles. The van der Waals surface area contributed by atoms with Gasteiger partial charge < -0.3 is 19.2 Å². The van der Waals surface area contributed by atoms with Crippen molar-refractivity contribution in [3.63, 3.8) is 0 Å². The van der Waals surface area contributed by atoms with Crippen LogP contribution in [0.4, 0.5) is 15.8 Å². The van der Waals surface area contributed by atoms with Gasteiger partial charge in [0.2, 0.25) is 11.6 Å². The van der Waals surface area contributed by atoms with E-state index in [2.05, 4.69) is 15.4 Å². The summed E-state index contributed by atoms with van der Waals surface area (Å²) in [6.45, 7) is -0.669. The number of carbonyl (C=O) groups is 1. The molecule has 13 heteroatoms. The average molecular weight is 608 g/mol. The Morgan fingerprint density at radius 1 is 1.09 bits per heavy atom. The predicted octanol–water partition coefficient (Wildman–Crippen LogP) is 5.77. The second-order valence-corrected chi connectivity index (χ2v) is 9.61. The minimum absolute atomic E-state index is 0.0698. The second-order valence-electron chi connectivity index (χ2n) is 9.61. The van der Waals surface area contributed by atoms with Crippen molar-refractivity contribution in [1.29, 1.82) is 0 Å². The highest BCUT2D eigenvalue weighted by molar-refractivity contribution is 5.92. The summed E-state index contributed by atoms with van der Waals surface area (Å²) in [5.74, 6) is -1.39. The molecule has 6 rings (SSSR count). The highest BCUT2D eigenvalue weighted by Crippen LogP contribution is 2.38. The van der Waals surface area contributed by atoms with E-state index >= 15 is 0 Å². The number of nitro groups is 1. The van der Waals surface area contributed by atoms with Crippen LogP contribution in [-0.4, -0.2) is 40.4 Å². The monoisotopic (exact) mass is 607 g/mol. The summed E-state index contributed by atoms with van der Waals surface area (Å²) in [6.07, 6.45) is 1.23. The number of nitrogens with zero attached hydrogens (tertiary/aromatic N) is 4. The lowest BCUT2D eigenvalue weighted by Crippen LogP contribution is -2.21. The Morgan fingerprint density at radius 2 is 1.84 bits per heavy atom. The summed E-state index contributed by atoms with van der Waals surface area (Å²) in [5.41, 5.74) is 0.105. The van der Waals surface area contributed by atoms with Crippen LogP contribution in [-0.2, 0) is 4.79 Å². The van der Waals surface area contributed by atoms with Crippen molar-refractivity contribution in [2.45, 2.75) is 0 Å². The Morgan fingerprint density at radius 3 is 2.62 bits per heavy atom. The first-order valence-electron chi connectivity index (χ1n) is 13.4. The molecule has 0 bridgehead atoms. The molecule has 0 aliphatic rings. The van der Waals surface area contributed by atoms with Gasteiger partial charge in [-0.2, -0.15) is 9.78 Å². The molecule has 1 amide bonds. The maximum Gasteiger partial charge on any atom is 0.315 e. The van der Waals surface area contributed by atoms with Crippen molar-refractivity contribution in [2.75, 3.05) is 19.0 Å². The number of halogens is 1. The number of benzene rings is 4. The first-order valence-corrected chi connectivity index (χ1v) is 13.4. The number of methoxy groups -OCH3 is 1. The SMILES string of the molecule is COc1cc(C=Nn2c(-c3cc4ccccc4o3)nc3ccccc3c2=O)cc([N+](=O)[O-])c1OCC(=O)Nc1ccccc1F. The number of fused-ring (bicyclic) bond motifs is 2. The van der Waals surface area contributed by atoms with Crippen LogP contribution in [0.5, 0.6) is 11.5 Å². The summed E-state index contributed by atoms with van der Waals surface area (Å²) >= 11 is 0.